The lowest BCUT2D eigenvalue weighted by Gasteiger charge is -2.00. The summed E-state index contributed by atoms with van der Waals surface area (Å²) < 4.78 is 0. The van der Waals surface area contributed by atoms with Gasteiger partial charge in [0.25, 0.3) is 0 Å². The van der Waals surface area contributed by atoms with Crippen LogP contribution in [0.2, 0.25) is 0 Å². The standard InChI is InChI=1S/C9H9N3.ClH/c10-12-9-2-1-8-6-11-4-3-7(8)5-9;/h1-6,12H,10H2;1H. The molecular formula is C9H10ClN3. The molecule has 1 heterocycles. The van der Waals surface area contributed by atoms with E-state index in [0.717, 1.165) is 16.5 Å². The van der Waals surface area contributed by atoms with E-state index >= 15 is 0 Å². The molecule has 0 atom stereocenters. The fourth-order valence-electron chi connectivity index (χ4n) is 1.17. The first-order valence-corrected chi connectivity index (χ1v) is 3.70. The van der Waals surface area contributed by atoms with E-state index in [0.29, 0.717) is 0 Å². The maximum Gasteiger partial charge on any atom is 0.0491 e. The summed E-state index contributed by atoms with van der Waals surface area (Å²) in [6.07, 6.45) is 3.60. The van der Waals surface area contributed by atoms with Gasteiger partial charge in [-0.3, -0.25) is 10.8 Å². The third kappa shape index (κ3) is 1.88. The van der Waals surface area contributed by atoms with Crippen LogP contribution in [0.25, 0.3) is 10.8 Å². The number of hydrogen-bond donors (Lipinski definition) is 2. The minimum absolute atomic E-state index is 0. The highest BCUT2D eigenvalue weighted by Gasteiger charge is 1.92. The zero-order valence-electron chi connectivity index (χ0n) is 6.90. The van der Waals surface area contributed by atoms with Gasteiger partial charge in [-0.1, -0.05) is 6.07 Å². The summed E-state index contributed by atoms with van der Waals surface area (Å²) in [6.45, 7) is 0. The first-order chi connectivity index (χ1) is 5.90. The summed E-state index contributed by atoms with van der Waals surface area (Å²) in [5.74, 6) is 5.28. The number of hydrazine groups is 1. The maximum absolute atomic E-state index is 5.28. The Bertz CT molecular complexity index is 403. The Labute approximate surface area is 82.3 Å². The molecule has 0 bridgehead atoms. The van der Waals surface area contributed by atoms with E-state index in [-0.39, 0.29) is 12.4 Å². The van der Waals surface area contributed by atoms with Gasteiger partial charge >= 0.3 is 0 Å². The molecule has 3 nitrogen and oxygen atoms in total. The average molecular weight is 196 g/mol. The maximum atomic E-state index is 5.28. The van der Waals surface area contributed by atoms with Crippen molar-refractivity contribution < 1.29 is 0 Å². The quantitative estimate of drug-likeness (QED) is 0.540. The van der Waals surface area contributed by atoms with Crippen molar-refractivity contribution in [1.29, 1.82) is 0 Å². The predicted octanol–water partition coefficient (Wildman–Crippen LogP) is 1.94. The molecular weight excluding hydrogens is 186 g/mol. The van der Waals surface area contributed by atoms with E-state index in [1.165, 1.54) is 0 Å². The number of fused-ring (bicyclic) bond motifs is 1. The monoisotopic (exact) mass is 195 g/mol. The Balaban J connectivity index is 0.000000845. The summed E-state index contributed by atoms with van der Waals surface area (Å²) in [7, 11) is 0. The molecule has 68 valence electrons. The van der Waals surface area contributed by atoms with Gasteiger partial charge in [-0.25, -0.2) is 0 Å². The van der Waals surface area contributed by atoms with Gasteiger partial charge in [-0.15, -0.1) is 12.4 Å². The van der Waals surface area contributed by atoms with E-state index < -0.39 is 0 Å². The Morgan fingerprint density at radius 3 is 2.77 bits per heavy atom. The van der Waals surface area contributed by atoms with Crippen molar-refractivity contribution in [2.45, 2.75) is 0 Å². The number of nitrogens with one attached hydrogen (secondary N) is 1. The normalized spacial score (nSPS) is 9.31. The van der Waals surface area contributed by atoms with Gasteiger partial charge in [0.2, 0.25) is 0 Å². The van der Waals surface area contributed by atoms with Crippen LogP contribution in [0, 0.1) is 0 Å². The van der Waals surface area contributed by atoms with Gasteiger partial charge in [0.15, 0.2) is 0 Å². The number of pyridine rings is 1. The molecule has 1 aromatic heterocycles. The molecule has 0 fully saturated rings. The SMILES string of the molecule is Cl.NNc1ccc2cnccc2c1. The van der Waals surface area contributed by atoms with Crippen LogP contribution in [0.1, 0.15) is 0 Å². The van der Waals surface area contributed by atoms with Crippen LogP contribution in [0.15, 0.2) is 36.7 Å². The number of benzene rings is 1. The lowest BCUT2D eigenvalue weighted by atomic mass is 10.1. The van der Waals surface area contributed by atoms with Crippen molar-refractivity contribution in [3.05, 3.63) is 36.7 Å². The predicted molar refractivity (Wildman–Crippen MR) is 56.8 cm³/mol. The highest BCUT2D eigenvalue weighted by atomic mass is 35.5. The zero-order chi connectivity index (χ0) is 8.39. The minimum atomic E-state index is 0. The van der Waals surface area contributed by atoms with Gasteiger partial charge in [-0.05, 0) is 23.6 Å². The summed E-state index contributed by atoms with van der Waals surface area (Å²) in [6, 6.07) is 7.84. The Kier molecular flexibility index (Phi) is 3.06. The first-order valence-electron chi connectivity index (χ1n) is 3.70. The molecule has 3 N–H and O–H groups in total. The largest absolute Gasteiger partial charge is 0.324 e. The van der Waals surface area contributed by atoms with Crippen molar-refractivity contribution in [2.24, 2.45) is 5.84 Å². The molecule has 0 saturated carbocycles. The van der Waals surface area contributed by atoms with E-state index in [1.54, 1.807) is 6.20 Å². The lowest BCUT2D eigenvalue weighted by molar-refractivity contribution is 1.34. The molecule has 0 saturated heterocycles. The van der Waals surface area contributed by atoms with Crippen molar-refractivity contribution >= 4 is 28.9 Å². The van der Waals surface area contributed by atoms with Crippen LogP contribution >= 0.6 is 12.4 Å². The highest BCUT2D eigenvalue weighted by molar-refractivity contribution is 5.85. The molecule has 13 heavy (non-hydrogen) atoms. The molecule has 0 aliphatic rings. The van der Waals surface area contributed by atoms with E-state index in [9.17, 15) is 0 Å². The molecule has 0 aliphatic heterocycles. The summed E-state index contributed by atoms with van der Waals surface area (Å²) in [5, 5.41) is 2.26. The third-order valence-corrected chi connectivity index (χ3v) is 1.81. The lowest BCUT2D eigenvalue weighted by Crippen LogP contribution is -2.06. The number of anilines is 1. The second kappa shape index (κ2) is 4.07. The number of rotatable bonds is 1. The number of nitrogen functional groups attached to an aromatic ring is 1. The zero-order valence-corrected chi connectivity index (χ0v) is 7.71. The second-order valence-corrected chi connectivity index (χ2v) is 2.58. The van der Waals surface area contributed by atoms with Crippen molar-refractivity contribution in [2.75, 3.05) is 5.43 Å². The average Bonchev–Trinajstić information content (AvgIpc) is 2.17. The summed E-state index contributed by atoms with van der Waals surface area (Å²) in [5.41, 5.74) is 3.51. The number of aromatic nitrogens is 1. The molecule has 0 spiro atoms. The van der Waals surface area contributed by atoms with Crippen molar-refractivity contribution in [3.63, 3.8) is 0 Å². The first kappa shape index (κ1) is 9.77. The molecule has 2 rings (SSSR count). The van der Waals surface area contributed by atoms with Gasteiger partial charge in [0.05, 0.1) is 0 Å². The minimum Gasteiger partial charge on any atom is -0.324 e. The summed E-state index contributed by atoms with van der Waals surface area (Å²) >= 11 is 0. The fourth-order valence-corrected chi connectivity index (χ4v) is 1.17. The van der Waals surface area contributed by atoms with Crippen molar-refractivity contribution in [1.82, 2.24) is 4.98 Å². The Morgan fingerprint density at radius 1 is 1.15 bits per heavy atom. The summed E-state index contributed by atoms with van der Waals surface area (Å²) in [4.78, 5) is 4.02. The van der Waals surface area contributed by atoms with Gasteiger partial charge < -0.3 is 5.43 Å². The number of halogens is 1. The molecule has 0 aliphatic carbocycles. The van der Waals surface area contributed by atoms with Crippen LogP contribution in [0.5, 0.6) is 0 Å². The third-order valence-electron chi connectivity index (χ3n) is 1.81. The Morgan fingerprint density at radius 2 is 2.00 bits per heavy atom. The number of hydrogen-bond acceptors (Lipinski definition) is 3. The number of nitrogens with two attached hydrogens (primary N) is 1. The van der Waals surface area contributed by atoms with Crippen LogP contribution < -0.4 is 11.3 Å². The highest BCUT2D eigenvalue weighted by Crippen LogP contribution is 2.16. The van der Waals surface area contributed by atoms with Gasteiger partial charge in [0, 0.05) is 23.5 Å². The second-order valence-electron chi connectivity index (χ2n) is 2.58. The molecule has 2 aromatic rings. The van der Waals surface area contributed by atoms with Crippen LogP contribution in [0.4, 0.5) is 5.69 Å². The van der Waals surface area contributed by atoms with Crippen LogP contribution in [0.3, 0.4) is 0 Å². The smallest absolute Gasteiger partial charge is 0.0491 e. The van der Waals surface area contributed by atoms with Crippen LogP contribution in [-0.4, -0.2) is 4.98 Å². The van der Waals surface area contributed by atoms with E-state index in [4.69, 9.17) is 5.84 Å². The molecule has 0 unspecified atom stereocenters. The van der Waals surface area contributed by atoms with E-state index in [2.05, 4.69) is 10.4 Å². The van der Waals surface area contributed by atoms with Crippen molar-refractivity contribution in [3.8, 4) is 0 Å². The van der Waals surface area contributed by atoms with Crippen LogP contribution in [-0.2, 0) is 0 Å². The molecule has 0 amide bonds. The van der Waals surface area contributed by atoms with Gasteiger partial charge in [0.1, 0.15) is 0 Å². The fraction of sp³-hybridized carbons (Fsp3) is 0. The molecule has 1 aromatic carbocycles. The Hall–Kier alpha value is -1.32. The van der Waals surface area contributed by atoms with Gasteiger partial charge in [-0.2, -0.15) is 0 Å². The number of nitrogens with zero attached hydrogens (tertiary/aromatic N) is 1. The molecule has 0 radical (unpaired) electrons. The molecule has 4 heteroatoms. The topological polar surface area (TPSA) is 50.9 Å². The van der Waals surface area contributed by atoms with E-state index in [1.807, 2.05) is 30.5 Å².